The fourth-order valence-corrected chi connectivity index (χ4v) is 1.38. The highest BCUT2D eigenvalue weighted by atomic mass is 16.4. The Morgan fingerprint density at radius 1 is 1.53 bits per heavy atom. The number of nitrogens with zero attached hydrogens (tertiary/aromatic N) is 3. The van der Waals surface area contributed by atoms with Crippen molar-refractivity contribution in [3.8, 4) is 0 Å². The van der Waals surface area contributed by atoms with E-state index in [1.807, 2.05) is 6.92 Å². The van der Waals surface area contributed by atoms with Gasteiger partial charge >= 0.3 is 5.97 Å². The summed E-state index contributed by atoms with van der Waals surface area (Å²) in [5.41, 5.74) is 0. The third kappa shape index (κ3) is 3.54. The van der Waals surface area contributed by atoms with E-state index < -0.39 is 18.1 Å². The molecule has 2 atom stereocenters. The Hall–Kier alpha value is -1.92. The standard InChI is InChI=1S/C10H16N4O3/c1-3-4-8(10(16)17)13-9(15)7(2)14-6-11-5-12-14/h5-8H,3-4H2,1-2H3,(H,13,15)(H,16,17). The average Bonchev–Trinajstić information content (AvgIpc) is 2.80. The van der Waals surface area contributed by atoms with Crippen LogP contribution in [0.5, 0.6) is 0 Å². The lowest BCUT2D eigenvalue weighted by molar-refractivity contribution is -0.142. The van der Waals surface area contributed by atoms with E-state index in [0.717, 1.165) is 0 Å². The zero-order valence-corrected chi connectivity index (χ0v) is 9.83. The van der Waals surface area contributed by atoms with Crippen LogP contribution in [-0.2, 0) is 9.59 Å². The summed E-state index contributed by atoms with van der Waals surface area (Å²) in [4.78, 5) is 26.4. The molecule has 0 aliphatic heterocycles. The van der Waals surface area contributed by atoms with Gasteiger partial charge in [0, 0.05) is 0 Å². The van der Waals surface area contributed by atoms with E-state index in [9.17, 15) is 9.59 Å². The van der Waals surface area contributed by atoms with Gasteiger partial charge in [-0.3, -0.25) is 4.79 Å². The quantitative estimate of drug-likeness (QED) is 0.740. The first-order valence-electron chi connectivity index (χ1n) is 5.43. The summed E-state index contributed by atoms with van der Waals surface area (Å²) >= 11 is 0. The number of carboxylic acid groups (broad SMARTS) is 1. The summed E-state index contributed by atoms with van der Waals surface area (Å²) in [5, 5.41) is 15.2. The maximum atomic E-state index is 11.8. The number of aromatic nitrogens is 3. The predicted octanol–water partition coefficient (Wildman–Crippen LogP) is 0.209. The second-order valence-corrected chi connectivity index (χ2v) is 3.74. The van der Waals surface area contributed by atoms with Gasteiger partial charge in [0.1, 0.15) is 24.7 Å². The smallest absolute Gasteiger partial charge is 0.326 e. The number of rotatable bonds is 6. The van der Waals surface area contributed by atoms with Gasteiger partial charge in [-0.05, 0) is 13.3 Å². The van der Waals surface area contributed by atoms with E-state index in [0.29, 0.717) is 12.8 Å². The molecule has 17 heavy (non-hydrogen) atoms. The first-order valence-corrected chi connectivity index (χ1v) is 5.43. The van der Waals surface area contributed by atoms with Crippen LogP contribution in [0, 0.1) is 0 Å². The van der Waals surface area contributed by atoms with Crippen LogP contribution in [0.1, 0.15) is 32.7 Å². The van der Waals surface area contributed by atoms with Gasteiger partial charge in [0.15, 0.2) is 0 Å². The van der Waals surface area contributed by atoms with E-state index in [4.69, 9.17) is 5.11 Å². The Morgan fingerprint density at radius 3 is 2.71 bits per heavy atom. The average molecular weight is 240 g/mol. The van der Waals surface area contributed by atoms with E-state index in [2.05, 4.69) is 15.4 Å². The number of carboxylic acids is 1. The van der Waals surface area contributed by atoms with Crippen LogP contribution in [0.3, 0.4) is 0 Å². The second kappa shape index (κ2) is 5.97. The van der Waals surface area contributed by atoms with Crippen molar-refractivity contribution in [1.29, 1.82) is 0 Å². The summed E-state index contributed by atoms with van der Waals surface area (Å²) in [6.07, 6.45) is 3.84. The van der Waals surface area contributed by atoms with Crippen LogP contribution < -0.4 is 5.32 Å². The zero-order valence-electron chi connectivity index (χ0n) is 9.83. The molecule has 1 aromatic rings. The van der Waals surface area contributed by atoms with E-state index >= 15 is 0 Å². The minimum atomic E-state index is -1.02. The molecule has 0 saturated heterocycles. The molecule has 0 bridgehead atoms. The van der Waals surface area contributed by atoms with Crippen molar-refractivity contribution in [2.24, 2.45) is 0 Å². The minimum absolute atomic E-state index is 0.378. The minimum Gasteiger partial charge on any atom is -0.480 e. The van der Waals surface area contributed by atoms with Gasteiger partial charge in [-0.2, -0.15) is 5.10 Å². The van der Waals surface area contributed by atoms with Gasteiger partial charge in [-0.25, -0.2) is 14.5 Å². The monoisotopic (exact) mass is 240 g/mol. The molecule has 1 rings (SSSR count). The van der Waals surface area contributed by atoms with Crippen molar-refractivity contribution in [3.05, 3.63) is 12.7 Å². The van der Waals surface area contributed by atoms with Crippen LogP contribution in [-0.4, -0.2) is 37.8 Å². The number of carbonyl (C=O) groups is 2. The Balaban J connectivity index is 2.61. The molecule has 94 valence electrons. The summed E-state index contributed by atoms with van der Waals surface area (Å²) < 4.78 is 1.38. The number of aliphatic carboxylic acids is 1. The normalized spacial score (nSPS) is 14.0. The fraction of sp³-hybridized carbons (Fsp3) is 0.600. The van der Waals surface area contributed by atoms with Crippen LogP contribution in [0.4, 0.5) is 0 Å². The van der Waals surface area contributed by atoms with Crippen molar-refractivity contribution < 1.29 is 14.7 Å². The third-order valence-corrected chi connectivity index (χ3v) is 2.40. The molecule has 7 nitrogen and oxygen atoms in total. The van der Waals surface area contributed by atoms with E-state index in [-0.39, 0.29) is 5.91 Å². The Labute approximate surface area is 98.8 Å². The molecule has 0 fully saturated rings. The lowest BCUT2D eigenvalue weighted by atomic mass is 10.1. The van der Waals surface area contributed by atoms with Crippen molar-refractivity contribution in [1.82, 2.24) is 20.1 Å². The number of hydrogen-bond donors (Lipinski definition) is 2. The highest BCUT2D eigenvalue weighted by Gasteiger charge is 2.23. The van der Waals surface area contributed by atoms with Crippen molar-refractivity contribution >= 4 is 11.9 Å². The molecule has 0 aliphatic rings. The van der Waals surface area contributed by atoms with Crippen LogP contribution in [0.2, 0.25) is 0 Å². The van der Waals surface area contributed by atoms with Crippen LogP contribution in [0.25, 0.3) is 0 Å². The van der Waals surface area contributed by atoms with Gasteiger partial charge < -0.3 is 10.4 Å². The van der Waals surface area contributed by atoms with Gasteiger partial charge in [0.25, 0.3) is 0 Å². The van der Waals surface area contributed by atoms with Crippen LogP contribution in [0.15, 0.2) is 12.7 Å². The molecule has 7 heteroatoms. The highest BCUT2D eigenvalue weighted by Crippen LogP contribution is 2.04. The van der Waals surface area contributed by atoms with Crippen LogP contribution >= 0.6 is 0 Å². The Bertz CT molecular complexity index is 377. The molecular formula is C10H16N4O3. The SMILES string of the molecule is CCCC(NC(=O)C(C)n1cncn1)C(=O)O. The summed E-state index contributed by atoms with van der Waals surface area (Å²) in [6.45, 7) is 3.50. The zero-order chi connectivity index (χ0) is 12.8. The van der Waals surface area contributed by atoms with Crippen molar-refractivity contribution in [2.45, 2.75) is 38.8 Å². The second-order valence-electron chi connectivity index (χ2n) is 3.74. The van der Waals surface area contributed by atoms with E-state index in [1.54, 1.807) is 6.92 Å². The first kappa shape index (κ1) is 13.1. The third-order valence-electron chi connectivity index (χ3n) is 2.40. The number of amides is 1. The molecule has 0 aliphatic carbocycles. The first-order chi connectivity index (χ1) is 8.06. The number of nitrogens with one attached hydrogen (secondary N) is 1. The summed E-state index contributed by atoms with van der Waals surface area (Å²) in [6, 6.07) is -1.42. The molecular weight excluding hydrogens is 224 g/mol. The summed E-state index contributed by atoms with van der Waals surface area (Å²) in [5.74, 6) is -1.40. The van der Waals surface area contributed by atoms with Gasteiger partial charge in [-0.1, -0.05) is 13.3 Å². The largest absolute Gasteiger partial charge is 0.480 e. The maximum absolute atomic E-state index is 11.8. The lowest BCUT2D eigenvalue weighted by Crippen LogP contribution is -2.43. The Morgan fingerprint density at radius 2 is 2.24 bits per heavy atom. The molecule has 1 aromatic heterocycles. The Kier molecular flexibility index (Phi) is 4.62. The van der Waals surface area contributed by atoms with Gasteiger partial charge in [-0.15, -0.1) is 0 Å². The predicted molar refractivity (Wildman–Crippen MR) is 59.2 cm³/mol. The van der Waals surface area contributed by atoms with Gasteiger partial charge in [0.2, 0.25) is 5.91 Å². The molecule has 1 amide bonds. The summed E-state index contributed by atoms with van der Waals surface area (Å²) in [7, 11) is 0. The molecule has 0 aromatic carbocycles. The number of carbonyl (C=O) groups excluding carboxylic acids is 1. The fourth-order valence-electron chi connectivity index (χ4n) is 1.38. The molecule has 0 saturated carbocycles. The lowest BCUT2D eigenvalue weighted by Gasteiger charge is -2.17. The van der Waals surface area contributed by atoms with Crippen molar-refractivity contribution in [3.63, 3.8) is 0 Å². The highest BCUT2D eigenvalue weighted by molar-refractivity contribution is 5.85. The molecule has 2 unspecified atom stereocenters. The molecule has 1 heterocycles. The van der Waals surface area contributed by atoms with Gasteiger partial charge in [0.05, 0.1) is 0 Å². The molecule has 0 spiro atoms. The topological polar surface area (TPSA) is 97.1 Å². The molecule has 2 N–H and O–H groups in total. The van der Waals surface area contributed by atoms with Crippen molar-refractivity contribution in [2.75, 3.05) is 0 Å². The number of hydrogen-bond acceptors (Lipinski definition) is 4. The molecule has 0 radical (unpaired) electrons. The van der Waals surface area contributed by atoms with E-state index in [1.165, 1.54) is 17.3 Å². The maximum Gasteiger partial charge on any atom is 0.326 e.